The van der Waals surface area contributed by atoms with E-state index >= 15 is 0 Å². The Labute approximate surface area is 106 Å². The molecule has 0 aromatic heterocycles. The fourth-order valence-electron chi connectivity index (χ4n) is 3.14. The molecule has 1 unspecified atom stereocenters. The van der Waals surface area contributed by atoms with Gasteiger partial charge in [0, 0.05) is 18.3 Å². The second-order valence-corrected chi connectivity index (χ2v) is 5.51. The Kier molecular flexibility index (Phi) is 2.59. The van der Waals surface area contributed by atoms with E-state index < -0.39 is 0 Å². The molecular formula is C15H15ClO. The molecule has 1 spiro atoms. The average Bonchev–Trinajstić information content (AvgIpc) is 2.37. The molecule has 2 aliphatic carbocycles. The Morgan fingerprint density at radius 2 is 1.88 bits per heavy atom. The molecule has 0 amide bonds. The van der Waals surface area contributed by atoms with E-state index in [9.17, 15) is 4.79 Å². The van der Waals surface area contributed by atoms with Gasteiger partial charge in [-0.3, -0.25) is 4.79 Å². The van der Waals surface area contributed by atoms with Crippen molar-refractivity contribution in [3.8, 4) is 0 Å². The van der Waals surface area contributed by atoms with Crippen molar-refractivity contribution in [3.63, 3.8) is 0 Å². The third kappa shape index (κ3) is 1.64. The summed E-state index contributed by atoms with van der Waals surface area (Å²) < 4.78 is 0. The van der Waals surface area contributed by atoms with Crippen LogP contribution in [0.2, 0.25) is 0 Å². The molecule has 3 rings (SSSR count). The van der Waals surface area contributed by atoms with Gasteiger partial charge in [-0.25, -0.2) is 0 Å². The van der Waals surface area contributed by atoms with Crippen LogP contribution in [0.5, 0.6) is 0 Å². The molecule has 1 aromatic carbocycles. The van der Waals surface area contributed by atoms with Gasteiger partial charge >= 0.3 is 0 Å². The summed E-state index contributed by atoms with van der Waals surface area (Å²) in [6.45, 7) is 0. The Morgan fingerprint density at radius 3 is 2.65 bits per heavy atom. The van der Waals surface area contributed by atoms with Crippen LogP contribution in [0.25, 0.3) is 6.08 Å². The van der Waals surface area contributed by atoms with E-state index in [1.165, 1.54) is 11.1 Å². The van der Waals surface area contributed by atoms with Crippen molar-refractivity contribution in [2.24, 2.45) is 0 Å². The van der Waals surface area contributed by atoms with Crippen molar-refractivity contribution in [3.05, 3.63) is 41.5 Å². The van der Waals surface area contributed by atoms with Crippen LogP contribution in [0, 0.1) is 0 Å². The van der Waals surface area contributed by atoms with Crippen LogP contribution in [-0.2, 0) is 10.2 Å². The summed E-state index contributed by atoms with van der Waals surface area (Å²) >= 11 is 6.53. The SMILES string of the molecule is O=C1CCC2(CC1)c1ccccc1C=CC2Cl. The molecular weight excluding hydrogens is 232 g/mol. The van der Waals surface area contributed by atoms with Crippen LogP contribution in [0.3, 0.4) is 0 Å². The Hall–Kier alpha value is -1.08. The summed E-state index contributed by atoms with van der Waals surface area (Å²) in [5.41, 5.74) is 2.58. The Balaban J connectivity index is 2.09. The number of fused-ring (bicyclic) bond motifs is 2. The standard InChI is InChI=1S/C15H15ClO/c16-14-6-5-11-3-1-2-4-13(11)15(14)9-7-12(17)8-10-15/h1-6,14H,7-10H2. The zero-order valence-electron chi connectivity index (χ0n) is 9.66. The number of carbonyl (C=O) groups excluding carboxylic acids is 1. The summed E-state index contributed by atoms with van der Waals surface area (Å²) in [5.74, 6) is 0.381. The van der Waals surface area contributed by atoms with Crippen LogP contribution in [-0.4, -0.2) is 11.2 Å². The number of halogens is 1. The predicted octanol–water partition coefficient (Wildman–Crippen LogP) is 3.70. The molecule has 0 heterocycles. The van der Waals surface area contributed by atoms with Gasteiger partial charge in [0.1, 0.15) is 5.78 Å². The molecule has 2 aliphatic rings. The first-order chi connectivity index (χ1) is 8.22. The van der Waals surface area contributed by atoms with Crippen molar-refractivity contribution in [2.75, 3.05) is 0 Å². The van der Waals surface area contributed by atoms with Crippen molar-refractivity contribution >= 4 is 23.5 Å². The average molecular weight is 247 g/mol. The van der Waals surface area contributed by atoms with E-state index in [0.29, 0.717) is 18.6 Å². The van der Waals surface area contributed by atoms with E-state index in [4.69, 9.17) is 11.6 Å². The number of allylic oxidation sites excluding steroid dienone is 1. The van der Waals surface area contributed by atoms with Crippen LogP contribution in [0.1, 0.15) is 36.8 Å². The lowest BCUT2D eigenvalue weighted by Crippen LogP contribution is -2.41. The van der Waals surface area contributed by atoms with E-state index in [1.54, 1.807) is 0 Å². The van der Waals surface area contributed by atoms with Gasteiger partial charge in [0.2, 0.25) is 0 Å². The number of alkyl halides is 1. The number of benzene rings is 1. The monoisotopic (exact) mass is 246 g/mol. The van der Waals surface area contributed by atoms with Gasteiger partial charge < -0.3 is 0 Å². The van der Waals surface area contributed by atoms with Crippen molar-refractivity contribution in [1.82, 2.24) is 0 Å². The van der Waals surface area contributed by atoms with E-state index in [-0.39, 0.29) is 10.8 Å². The number of hydrogen-bond donors (Lipinski definition) is 0. The second kappa shape index (κ2) is 3.99. The second-order valence-electron chi connectivity index (χ2n) is 5.04. The summed E-state index contributed by atoms with van der Waals surface area (Å²) in [6.07, 6.45) is 7.31. The number of hydrogen-bond acceptors (Lipinski definition) is 1. The molecule has 17 heavy (non-hydrogen) atoms. The largest absolute Gasteiger partial charge is 0.300 e. The van der Waals surface area contributed by atoms with Crippen LogP contribution in [0.15, 0.2) is 30.3 Å². The first kappa shape index (κ1) is 11.0. The highest BCUT2D eigenvalue weighted by atomic mass is 35.5. The van der Waals surface area contributed by atoms with E-state index in [1.807, 2.05) is 0 Å². The molecule has 1 fully saturated rings. The maximum atomic E-state index is 11.4. The molecule has 0 N–H and O–H groups in total. The molecule has 1 aromatic rings. The fraction of sp³-hybridized carbons (Fsp3) is 0.400. The third-order valence-electron chi connectivity index (χ3n) is 4.17. The maximum Gasteiger partial charge on any atom is 0.132 e. The van der Waals surface area contributed by atoms with Gasteiger partial charge in [0.15, 0.2) is 0 Å². The predicted molar refractivity (Wildman–Crippen MR) is 70.3 cm³/mol. The minimum atomic E-state index is -0.0131. The van der Waals surface area contributed by atoms with E-state index in [0.717, 1.165) is 12.8 Å². The van der Waals surface area contributed by atoms with Gasteiger partial charge in [-0.2, -0.15) is 0 Å². The highest BCUT2D eigenvalue weighted by molar-refractivity contribution is 6.23. The van der Waals surface area contributed by atoms with Gasteiger partial charge in [-0.1, -0.05) is 36.4 Å². The van der Waals surface area contributed by atoms with Crippen molar-refractivity contribution < 1.29 is 4.79 Å². The Bertz CT molecular complexity index is 479. The normalized spacial score (nSPS) is 25.9. The third-order valence-corrected chi connectivity index (χ3v) is 4.73. The van der Waals surface area contributed by atoms with Crippen LogP contribution < -0.4 is 0 Å². The van der Waals surface area contributed by atoms with Crippen molar-refractivity contribution in [2.45, 2.75) is 36.5 Å². The molecule has 1 nitrogen and oxygen atoms in total. The van der Waals surface area contributed by atoms with Crippen LogP contribution >= 0.6 is 11.6 Å². The number of carbonyl (C=O) groups is 1. The quantitative estimate of drug-likeness (QED) is 0.638. The maximum absolute atomic E-state index is 11.4. The first-order valence-electron chi connectivity index (χ1n) is 6.16. The highest BCUT2D eigenvalue weighted by Gasteiger charge is 2.43. The number of rotatable bonds is 0. The van der Waals surface area contributed by atoms with Crippen molar-refractivity contribution in [1.29, 1.82) is 0 Å². The lowest BCUT2D eigenvalue weighted by atomic mass is 9.64. The van der Waals surface area contributed by atoms with Crippen LogP contribution in [0.4, 0.5) is 0 Å². The summed E-state index contributed by atoms with van der Waals surface area (Å²) in [4.78, 5) is 11.4. The van der Waals surface area contributed by atoms with Gasteiger partial charge in [0.05, 0.1) is 5.38 Å². The topological polar surface area (TPSA) is 17.1 Å². The highest BCUT2D eigenvalue weighted by Crippen LogP contribution is 2.47. The molecule has 0 aliphatic heterocycles. The number of ketones is 1. The summed E-state index contributed by atoms with van der Waals surface area (Å²) in [5, 5.41) is 0.0190. The minimum absolute atomic E-state index is 0.0131. The smallest absolute Gasteiger partial charge is 0.132 e. The van der Waals surface area contributed by atoms with Gasteiger partial charge in [-0.15, -0.1) is 11.6 Å². The minimum Gasteiger partial charge on any atom is -0.300 e. The molecule has 2 heteroatoms. The Morgan fingerprint density at radius 1 is 1.18 bits per heavy atom. The molecule has 1 saturated carbocycles. The number of Topliss-reactive ketones (excluding diaryl/α,β-unsaturated/α-hetero) is 1. The zero-order chi connectivity index (χ0) is 11.9. The molecule has 88 valence electrons. The molecule has 0 bridgehead atoms. The molecule has 0 saturated heterocycles. The van der Waals surface area contributed by atoms with Gasteiger partial charge in [0.25, 0.3) is 0 Å². The summed E-state index contributed by atoms with van der Waals surface area (Å²) in [7, 11) is 0. The first-order valence-corrected chi connectivity index (χ1v) is 6.59. The molecule has 1 atom stereocenters. The lowest BCUT2D eigenvalue weighted by Gasteiger charge is -2.42. The lowest BCUT2D eigenvalue weighted by molar-refractivity contribution is -0.121. The zero-order valence-corrected chi connectivity index (χ0v) is 10.4. The molecule has 0 radical (unpaired) electrons. The van der Waals surface area contributed by atoms with Gasteiger partial charge in [-0.05, 0) is 24.0 Å². The summed E-state index contributed by atoms with van der Waals surface area (Å²) in [6, 6.07) is 8.43. The fourth-order valence-corrected chi connectivity index (χ4v) is 3.55. The van der Waals surface area contributed by atoms with E-state index in [2.05, 4.69) is 36.4 Å².